The summed E-state index contributed by atoms with van der Waals surface area (Å²) in [4.78, 5) is 7.13. The van der Waals surface area contributed by atoms with Gasteiger partial charge in [0.05, 0.1) is 11.4 Å². The van der Waals surface area contributed by atoms with Crippen molar-refractivity contribution in [3.8, 4) is 0 Å². The van der Waals surface area contributed by atoms with Crippen LogP contribution in [0.25, 0.3) is 0 Å². The van der Waals surface area contributed by atoms with Gasteiger partial charge in [-0.3, -0.25) is 4.98 Å². The lowest BCUT2D eigenvalue weighted by Crippen LogP contribution is -2.22. The van der Waals surface area contributed by atoms with Crippen molar-refractivity contribution in [2.45, 2.75) is 39.8 Å². The summed E-state index contributed by atoms with van der Waals surface area (Å²) >= 11 is 0. The molecule has 19 heavy (non-hydrogen) atoms. The van der Waals surface area contributed by atoms with Crippen LogP contribution >= 0.6 is 0 Å². The number of hydrogen-bond donors (Lipinski definition) is 1. The number of hydrogen-bond acceptors (Lipinski definition) is 3. The van der Waals surface area contributed by atoms with Gasteiger partial charge in [0.2, 0.25) is 0 Å². The molecule has 0 aliphatic heterocycles. The highest BCUT2D eigenvalue weighted by Crippen LogP contribution is 2.29. The van der Waals surface area contributed by atoms with Crippen molar-refractivity contribution >= 4 is 0 Å². The molecule has 3 heteroatoms. The third-order valence-corrected chi connectivity index (χ3v) is 3.42. The minimum Gasteiger partial charge on any atom is -0.311 e. The van der Waals surface area contributed by atoms with Gasteiger partial charge in [-0.25, -0.2) is 0 Å². The van der Waals surface area contributed by atoms with E-state index in [0.717, 1.165) is 31.2 Å². The van der Waals surface area contributed by atoms with Crippen LogP contribution in [0.2, 0.25) is 0 Å². The van der Waals surface area contributed by atoms with Crippen LogP contribution in [0, 0.1) is 11.8 Å². The first-order chi connectivity index (χ1) is 9.13. The van der Waals surface area contributed by atoms with Crippen LogP contribution in [0.4, 0.5) is 0 Å². The predicted molar refractivity (Wildman–Crippen MR) is 79.8 cm³/mol. The zero-order valence-corrected chi connectivity index (χ0v) is 12.5. The van der Waals surface area contributed by atoms with Gasteiger partial charge in [-0.1, -0.05) is 19.9 Å². The summed E-state index contributed by atoms with van der Waals surface area (Å²) in [5.74, 6) is 1.63. The van der Waals surface area contributed by atoms with Gasteiger partial charge in [0.15, 0.2) is 0 Å². The smallest absolute Gasteiger partial charge is 0.0547 e. The average Bonchev–Trinajstić information content (AvgIpc) is 3.12. The molecule has 3 nitrogen and oxygen atoms in total. The predicted octanol–water partition coefficient (Wildman–Crippen LogP) is 2.67. The molecule has 2 rings (SSSR count). The lowest BCUT2D eigenvalue weighted by molar-refractivity contribution is 0.309. The molecule has 0 amide bonds. The van der Waals surface area contributed by atoms with E-state index in [2.05, 4.69) is 49.3 Å². The lowest BCUT2D eigenvalue weighted by atomic mass is 10.2. The van der Waals surface area contributed by atoms with E-state index in [1.54, 1.807) is 0 Å². The summed E-state index contributed by atoms with van der Waals surface area (Å²) < 4.78 is 0. The molecule has 1 aliphatic carbocycles. The van der Waals surface area contributed by atoms with Gasteiger partial charge in [-0.05, 0) is 50.4 Å². The van der Waals surface area contributed by atoms with Crippen molar-refractivity contribution < 1.29 is 0 Å². The molecule has 1 aliphatic rings. The highest BCUT2D eigenvalue weighted by Gasteiger charge is 2.22. The van der Waals surface area contributed by atoms with Gasteiger partial charge in [-0.15, -0.1) is 0 Å². The maximum Gasteiger partial charge on any atom is 0.0547 e. The fraction of sp³-hybridized carbons (Fsp3) is 0.688. The second-order valence-electron chi connectivity index (χ2n) is 6.29. The molecule has 1 saturated carbocycles. The zero-order valence-electron chi connectivity index (χ0n) is 12.5. The van der Waals surface area contributed by atoms with Gasteiger partial charge < -0.3 is 10.2 Å². The van der Waals surface area contributed by atoms with E-state index >= 15 is 0 Å². The number of rotatable bonds is 8. The Morgan fingerprint density at radius 2 is 2.05 bits per heavy atom. The highest BCUT2D eigenvalue weighted by atomic mass is 15.1. The molecular formula is C16H27N3. The highest BCUT2D eigenvalue weighted by molar-refractivity contribution is 5.11. The van der Waals surface area contributed by atoms with E-state index < -0.39 is 0 Å². The van der Waals surface area contributed by atoms with E-state index in [4.69, 9.17) is 4.98 Å². The Hall–Kier alpha value is -0.930. The van der Waals surface area contributed by atoms with Gasteiger partial charge in [0, 0.05) is 19.6 Å². The molecule has 0 unspecified atom stereocenters. The Labute approximate surface area is 117 Å². The third-order valence-electron chi connectivity index (χ3n) is 3.42. The first-order valence-corrected chi connectivity index (χ1v) is 7.47. The Kier molecular flexibility index (Phi) is 5.34. The number of aromatic nitrogens is 1. The third kappa shape index (κ3) is 5.70. The Morgan fingerprint density at radius 3 is 2.74 bits per heavy atom. The topological polar surface area (TPSA) is 28.2 Å². The fourth-order valence-electron chi connectivity index (χ4n) is 2.29. The first kappa shape index (κ1) is 14.5. The van der Waals surface area contributed by atoms with Gasteiger partial charge in [0.1, 0.15) is 0 Å². The van der Waals surface area contributed by atoms with Gasteiger partial charge >= 0.3 is 0 Å². The molecule has 0 aromatic carbocycles. The summed E-state index contributed by atoms with van der Waals surface area (Å²) in [5, 5.41) is 3.45. The molecule has 1 N–H and O–H groups in total. The number of pyridine rings is 1. The molecule has 1 fully saturated rings. The first-order valence-electron chi connectivity index (χ1n) is 7.47. The molecule has 0 saturated heterocycles. The van der Waals surface area contributed by atoms with Crippen molar-refractivity contribution in [1.29, 1.82) is 0 Å². The summed E-state index contributed by atoms with van der Waals surface area (Å²) in [6.45, 7) is 8.56. The lowest BCUT2D eigenvalue weighted by Gasteiger charge is -2.16. The maximum atomic E-state index is 4.73. The Balaban J connectivity index is 1.79. The van der Waals surface area contributed by atoms with E-state index in [0.29, 0.717) is 5.92 Å². The quantitative estimate of drug-likeness (QED) is 0.780. The van der Waals surface area contributed by atoms with Crippen molar-refractivity contribution in [2.24, 2.45) is 11.8 Å². The van der Waals surface area contributed by atoms with E-state index in [-0.39, 0.29) is 0 Å². The second kappa shape index (κ2) is 7.01. The van der Waals surface area contributed by atoms with Crippen LogP contribution in [0.1, 0.15) is 38.1 Å². The molecule has 1 aromatic heterocycles. The second-order valence-corrected chi connectivity index (χ2v) is 6.29. The summed E-state index contributed by atoms with van der Waals surface area (Å²) in [6.07, 6.45) is 2.83. The van der Waals surface area contributed by atoms with Crippen molar-refractivity contribution in [3.05, 3.63) is 29.6 Å². The summed E-state index contributed by atoms with van der Waals surface area (Å²) in [6, 6.07) is 6.37. The molecule has 0 spiro atoms. The minimum absolute atomic E-state index is 0.688. The van der Waals surface area contributed by atoms with Crippen LogP contribution in [-0.2, 0) is 13.1 Å². The summed E-state index contributed by atoms with van der Waals surface area (Å²) in [5.41, 5.74) is 2.34. The van der Waals surface area contributed by atoms with Crippen molar-refractivity contribution in [2.75, 3.05) is 20.1 Å². The largest absolute Gasteiger partial charge is 0.311 e. The van der Waals surface area contributed by atoms with Crippen LogP contribution in [0.5, 0.6) is 0 Å². The number of nitrogens with one attached hydrogen (secondary N) is 1. The molecule has 1 heterocycles. The average molecular weight is 261 g/mol. The molecule has 0 bridgehead atoms. The molecule has 106 valence electrons. The number of nitrogens with zero attached hydrogens (tertiary/aromatic N) is 2. The van der Waals surface area contributed by atoms with Crippen molar-refractivity contribution in [3.63, 3.8) is 0 Å². The van der Waals surface area contributed by atoms with E-state index in [1.165, 1.54) is 25.1 Å². The minimum atomic E-state index is 0.688. The molecule has 0 radical (unpaired) electrons. The fourth-order valence-corrected chi connectivity index (χ4v) is 2.29. The van der Waals surface area contributed by atoms with Crippen molar-refractivity contribution in [1.82, 2.24) is 15.2 Å². The normalized spacial score (nSPS) is 15.4. The van der Waals surface area contributed by atoms with Crippen LogP contribution in [0.3, 0.4) is 0 Å². The Bertz CT molecular complexity index is 385. The molecule has 1 aromatic rings. The van der Waals surface area contributed by atoms with Crippen LogP contribution < -0.4 is 5.32 Å². The zero-order chi connectivity index (χ0) is 13.7. The molecule has 0 atom stereocenters. The maximum absolute atomic E-state index is 4.73. The SMILES string of the molecule is CC(C)CNCc1cccc(CN(C)CC2CC2)n1. The standard InChI is InChI=1S/C16H27N3/c1-13(2)9-17-10-15-5-4-6-16(18-15)12-19(3)11-14-7-8-14/h4-6,13-14,17H,7-12H2,1-3H3. The van der Waals surface area contributed by atoms with Crippen LogP contribution in [0.15, 0.2) is 18.2 Å². The van der Waals surface area contributed by atoms with Gasteiger partial charge in [-0.2, -0.15) is 0 Å². The molecular weight excluding hydrogens is 234 g/mol. The van der Waals surface area contributed by atoms with Gasteiger partial charge in [0.25, 0.3) is 0 Å². The van der Waals surface area contributed by atoms with E-state index in [1.807, 2.05) is 0 Å². The monoisotopic (exact) mass is 261 g/mol. The van der Waals surface area contributed by atoms with Crippen LogP contribution in [-0.4, -0.2) is 30.0 Å². The Morgan fingerprint density at radius 1 is 1.32 bits per heavy atom. The summed E-state index contributed by atoms with van der Waals surface area (Å²) in [7, 11) is 2.20. The van der Waals surface area contributed by atoms with E-state index in [9.17, 15) is 0 Å².